The van der Waals surface area contributed by atoms with E-state index in [0.717, 1.165) is 5.56 Å². The van der Waals surface area contributed by atoms with Crippen molar-refractivity contribution in [3.8, 4) is 28.0 Å². The lowest BCUT2D eigenvalue weighted by atomic mass is 9.99. The smallest absolute Gasteiger partial charge is 0.409 e. The Morgan fingerprint density at radius 2 is 1.52 bits per heavy atom. The molecule has 0 fully saturated rings. The number of benzene rings is 3. The van der Waals surface area contributed by atoms with Crippen LogP contribution in [0.3, 0.4) is 0 Å². The number of amides is 1. The second-order valence-electron chi connectivity index (χ2n) is 4.98. The maximum absolute atomic E-state index is 14.5. The summed E-state index contributed by atoms with van der Waals surface area (Å²) in [5.74, 6) is -0.0468. The van der Waals surface area contributed by atoms with Crippen LogP contribution in [0.4, 0.5) is 9.18 Å². The number of ether oxygens (including phenoxy) is 1. The minimum Gasteiger partial charge on any atom is -0.410 e. The second-order valence-corrected chi connectivity index (χ2v) is 4.98. The Hall–Kier alpha value is -3.14. The third kappa shape index (κ3) is 3.21. The molecule has 0 heterocycles. The first-order chi connectivity index (χ1) is 11.1. The maximum Gasteiger partial charge on any atom is 0.409 e. The van der Waals surface area contributed by atoms with Crippen molar-refractivity contribution in [3.05, 3.63) is 78.6 Å². The molecule has 4 heteroatoms. The Morgan fingerprint density at radius 3 is 2.22 bits per heavy atom. The van der Waals surface area contributed by atoms with Crippen molar-refractivity contribution in [1.82, 2.24) is 0 Å². The van der Waals surface area contributed by atoms with Crippen molar-refractivity contribution in [2.75, 3.05) is 0 Å². The topological polar surface area (TPSA) is 52.3 Å². The molecule has 0 aliphatic heterocycles. The SMILES string of the molecule is NC(=O)Oc1ccccc1-c1ccc(-c2ccccc2)c(F)c1. The van der Waals surface area contributed by atoms with Gasteiger partial charge in [0.15, 0.2) is 0 Å². The Morgan fingerprint density at radius 1 is 0.826 bits per heavy atom. The highest BCUT2D eigenvalue weighted by Crippen LogP contribution is 2.33. The van der Waals surface area contributed by atoms with Gasteiger partial charge in [0, 0.05) is 11.1 Å². The molecule has 114 valence electrons. The Kier molecular flexibility index (Phi) is 4.06. The predicted molar refractivity (Wildman–Crippen MR) is 87.5 cm³/mol. The molecule has 2 N–H and O–H groups in total. The monoisotopic (exact) mass is 307 g/mol. The van der Waals surface area contributed by atoms with E-state index in [0.29, 0.717) is 22.4 Å². The molecule has 0 bridgehead atoms. The quantitative estimate of drug-likeness (QED) is 0.767. The van der Waals surface area contributed by atoms with Gasteiger partial charge in [-0.25, -0.2) is 9.18 Å². The fourth-order valence-corrected chi connectivity index (χ4v) is 2.44. The summed E-state index contributed by atoms with van der Waals surface area (Å²) in [6.07, 6.45) is -0.904. The van der Waals surface area contributed by atoms with Crippen LogP contribution in [-0.2, 0) is 0 Å². The molecule has 0 aromatic heterocycles. The second kappa shape index (κ2) is 6.32. The largest absolute Gasteiger partial charge is 0.410 e. The number of hydrogen-bond acceptors (Lipinski definition) is 2. The molecule has 0 aliphatic rings. The van der Waals surface area contributed by atoms with Gasteiger partial charge in [-0.3, -0.25) is 0 Å². The lowest BCUT2D eigenvalue weighted by Gasteiger charge is -2.10. The number of primary amides is 1. The first-order valence-electron chi connectivity index (χ1n) is 7.07. The molecule has 3 aromatic rings. The summed E-state index contributed by atoms with van der Waals surface area (Å²) in [6, 6.07) is 21.1. The van der Waals surface area contributed by atoms with Crippen LogP contribution in [-0.4, -0.2) is 6.09 Å². The highest BCUT2D eigenvalue weighted by atomic mass is 19.1. The van der Waals surface area contributed by atoms with Gasteiger partial charge in [-0.05, 0) is 23.3 Å². The average molecular weight is 307 g/mol. The fourth-order valence-electron chi connectivity index (χ4n) is 2.44. The lowest BCUT2D eigenvalue weighted by molar-refractivity contribution is 0.211. The van der Waals surface area contributed by atoms with Gasteiger partial charge < -0.3 is 10.5 Å². The molecule has 1 amide bonds. The summed E-state index contributed by atoms with van der Waals surface area (Å²) < 4.78 is 19.5. The van der Waals surface area contributed by atoms with Gasteiger partial charge in [-0.1, -0.05) is 60.7 Å². The molecule has 23 heavy (non-hydrogen) atoms. The zero-order chi connectivity index (χ0) is 16.2. The number of para-hydroxylation sites is 1. The van der Waals surface area contributed by atoms with Gasteiger partial charge >= 0.3 is 6.09 Å². The summed E-state index contributed by atoms with van der Waals surface area (Å²) in [4.78, 5) is 11.0. The van der Waals surface area contributed by atoms with Crippen LogP contribution in [0, 0.1) is 5.82 Å². The van der Waals surface area contributed by atoms with Crippen molar-refractivity contribution in [2.45, 2.75) is 0 Å². The molecular formula is C19H14FNO2. The molecule has 0 atom stereocenters. The fraction of sp³-hybridized carbons (Fsp3) is 0. The summed E-state index contributed by atoms with van der Waals surface area (Å²) in [5.41, 5.74) is 7.60. The maximum atomic E-state index is 14.5. The van der Waals surface area contributed by atoms with E-state index in [1.165, 1.54) is 6.07 Å². The molecule has 0 saturated heterocycles. The van der Waals surface area contributed by atoms with Gasteiger partial charge in [-0.15, -0.1) is 0 Å². The van der Waals surface area contributed by atoms with E-state index in [9.17, 15) is 9.18 Å². The molecule has 0 aliphatic carbocycles. The van der Waals surface area contributed by atoms with Crippen LogP contribution in [0.2, 0.25) is 0 Å². The first kappa shape index (κ1) is 14.8. The number of hydrogen-bond donors (Lipinski definition) is 1. The highest BCUT2D eigenvalue weighted by molar-refractivity contribution is 5.78. The normalized spacial score (nSPS) is 10.3. The van der Waals surface area contributed by atoms with Gasteiger partial charge in [-0.2, -0.15) is 0 Å². The summed E-state index contributed by atoms with van der Waals surface area (Å²) in [6.45, 7) is 0. The minimum atomic E-state index is -0.904. The van der Waals surface area contributed by atoms with E-state index in [-0.39, 0.29) is 5.82 Å². The number of halogens is 1. The van der Waals surface area contributed by atoms with Crippen molar-refractivity contribution in [2.24, 2.45) is 5.73 Å². The third-order valence-electron chi connectivity index (χ3n) is 3.46. The van der Waals surface area contributed by atoms with E-state index in [4.69, 9.17) is 10.5 Å². The number of carbonyl (C=O) groups is 1. The van der Waals surface area contributed by atoms with Crippen molar-refractivity contribution < 1.29 is 13.9 Å². The Bertz CT molecular complexity index is 847. The Labute approximate surface area is 133 Å². The molecular weight excluding hydrogens is 293 g/mol. The molecule has 3 aromatic carbocycles. The van der Waals surface area contributed by atoms with Gasteiger partial charge in [0.1, 0.15) is 11.6 Å². The van der Waals surface area contributed by atoms with E-state index in [1.807, 2.05) is 30.3 Å². The molecule has 0 saturated carbocycles. The van der Waals surface area contributed by atoms with Gasteiger partial charge in [0.25, 0.3) is 0 Å². The standard InChI is InChI=1S/C19H14FNO2/c20-17-12-14(10-11-15(17)13-6-2-1-3-7-13)16-8-4-5-9-18(16)23-19(21)22/h1-12H,(H2,21,22). The van der Waals surface area contributed by atoms with E-state index >= 15 is 0 Å². The zero-order valence-electron chi connectivity index (χ0n) is 12.2. The van der Waals surface area contributed by atoms with E-state index in [1.54, 1.807) is 36.4 Å². The van der Waals surface area contributed by atoms with Crippen molar-refractivity contribution in [3.63, 3.8) is 0 Å². The molecule has 3 rings (SSSR count). The minimum absolute atomic E-state index is 0.298. The van der Waals surface area contributed by atoms with Gasteiger partial charge in [0.2, 0.25) is 0 Å². The van der Waals surface area contributed by atoms with E-state index < -0.39 is 6.09 Å². The van der Waals surface area contributed by atoms with Crippen molar-refractivity contribution in [1.29, 1.82) is 0 Å². The van der Waals surface area contributed by atoms with Crippen LogP contribution in [0.15, 0.2) is 72.8 Å². The number of carbonyl (C=O) groups excluding carboxylic acids is 1. The lowest BCUT2D eigenvalue weighted by Crippen LogP contribution is -2.16. The van der Waals surface area contributed by atoms with Crippen LogP contribution >= 0.6 is 0 Å². The van der Waals surface area contributed by atoms with Crippen LogP contribution < -0.4 is 10.5 Å². The Balaban J connectivity index is 2.03. The van der Waals surface area contributed by atoms with Crippen LogP contribution in [0.1, 0.15) is 0 Å². The summed E-state index contributed by atoms with van der Waals surface area (Å²) in [7, 11) is 0. The number of nitrogens with two attached hydrogens (primary N) is 1. The zero-order valence-corrected chi connectivity index (χ0v) is 12.2. The van der Waals surface area contributed by atoms with Crippen LogP contribution in [0.5, 0.6) is 5.75 Å². The molecule has 3 nitrogen and oxygen atoms in total. The average Bonchev–Trinajstić information content (AvgIpc) is 2.55. The molecule has 0 unspecified atom stereocenters. The predicted octanol–water partition coefficient (Wildman–Crippen LogP) is 4.62. The third-order valence-corrected chi connectivity index (χ3v) is 3.46. The summed E-state index contributed by atoms with van der Waals surface area (Å²) >= 11 is 0. The van der Waals surface area contributed by atoms with Crippen molar-refractivity contribution >= 4 is 6.09 Å². The molecule has 0 radical (unpaired) electrons. The summed E-state index contributed by atoms with van der Waals surface area (Å²) in [5, 5.41) is 0. The highest BCUT2D eigenvalue weighted by Gasteiger charge is 2.11. The van der Waals surface area contributed by atoms with Crippen LogP contribution in [0.25, 0.3) is 22.3 Å². The number of rotatable bonds is 3. The molecule has 0 spiro atoms. The van der Waals surface area contributed by atoms with Gasteiger partial charge in [0.05, 0.1) is 0 Å². The first-order valence-corrected chi connectivity index (χ1v) is 7.07. The van der Waals surface area contributed by atoms with E-state index in [2.05, 4.69) is 0 Å².